The minimum Gasteiger partial charge on any atom is -0.477 e. The van der Waals surface area contributed by atoms with Crippen molar-refractivity contribution in [3.05, 3.63) is 77.0 Å². The van der Waals surface area contributed by atoms with Crippen LogP contribution in [-0.2, 0) is 17.9 Å². The maximum Gasteiger partial charge on any atom is 0.354 e. The average molecular weight is 538 g/mol. The summed E-state index contributed by atoms with van der Waals surface area (Å²) in [6.07, 6.45) is 6.37. The second kappa shape index (κ2) is 11.1. The fraction of sp³-hybridized carbons (Fsp3) is 0.310. The van der Waals surface area contributed by atoms with Gasteiger partial charge < -0.3 is 24.0 Å². The molecule has 2 saturated heterocycles. The number of piperidine rings is 1. The predicted octanol–water partition coefficient (Wildman–Crippen LogP) is 3.84. The van der Waals surface area contributed by atoms with Crippen LogP contribution < -0.4 is 9.64 Å². The maximum atomic E-state index is 11.5. The van der Waals surface area contributed by atoms with Gasteiger partial charge in [0.25, 0.3) is 0 Å². The molecule has 4 aromatic rings. The van der Waals surface area contributed by atoms with E-state index in [-0.39, 0.29) is 18.4 Å². The third-order valence-electron chi connectivity index (χ3n) is 7.11. The van der Waals surface area contributed by atoms with E-state index >= 15 is 0 Å². The standard InChI is InChI=1S/C29H27N7O4/c30-15-20-4-5-21(31-16-20)18-40-27-3-1-2-25(34-27)35-11-8-19(9-12-35)14-26-32-23-6-7-24(29(37)38)33-28(23)36(26)17-22-10-13-39-22/h1-7,14,16,22H,8-13,17-18H2,(H,37,38)/t22-/m0/s1. The first kappa shape index (κ1) is 25.5. The summed E-state index contributed by atoms with van der Waals surface area (Å²) < 4.78 is 13.5. The summed E-state index contributed by atoms with van der Waals surface area (Å²) in [5, 5.41) is 18.3. The Balaban J connectivity index is 1.14. The zero-order valence-electron chi connectivity index (χ0n) is 21.7. The summed E-state index contributed by atoms with van der Waals surface area (Å²) in [6.45, 7) is 3.20. The highest BCUT2D eigenvalue weighted by Crippen LogP contribution is 2.27. The number of carbonyl (C=O) groups is 1. The van der Waals surface area contributed by atoms with Gasteiger partial charge in [0.05, 0.1) is 23.9 Å². The minimum absolute atomic E-state index is 0.00238. The van der Waals surface area contributed by atoms with Gasteiger partial charge in [-0.25, -0.2) is 14.8 Å². The molecule has 0 saturated carbocycles. The molecule has 6 heterocycles. The third-order valence-corrected chi connectivity index (χ3v) is 7.11. The van der Waals surface area contributed by atoms with Crippen molar-refractivity contribution in [3.63, 3.8) is 0 Å². The molecule has 0 aromatic carbocycles. The second-order valence-electron chi connectivity index (χ2n) is 9.77. The molecule has 0 amide bonds. The molecule has 1 N–H and O–H groups in total. The number of hydrogen-bond donors (Lipinski definition) is 1. The van der Waals surface area contributed by atoms with E-state index in [1.54, 1.807) is 18.2 Å². The Hall–Kier alpha value is -4.82. The summed E-state index contributed by atoms with van der Waals surface area (Å²) >= 11 is 0. The number of aromatic nitrogens is 5. The minimum atomic E-state index is -1.06. The number of nitriles is 1. The summed E-state index contributed by atoms with van der Waals surface area (Å²) in [6, 6.07) is 14.5. The maximum absolute atomic E-state index is 11.5. The fourth-order valence-corrected chi connectivity index (χ4v) is 4.79. The van der Waals surface area contributed by atoms with E-state index in [1.807, 2.05) is 22.8 Å². The van der Waals surface area contributed by atoms with Crippen LogP contribution in [0.25, 0.3) is 17.2 Å². The van der Waals surface area contributed by atoms with Crippen molar-refractivity contribution in [2.24, 2.45) is 0 Å². The summed E-state index contributed by atoms with van der Waals surface area (Å²) in [4.78, 5) is 31.8. The van der Waals surface area contributed by atoms with Crippen LogP contribution in [0, 0.1) is 11.3 Å². The summed E-state index contributed by atoms with van der Waals surface area (Å²) in [7, 11) is 0. The lowest BCUT2D eigenvalue weighted by molar-refractivity contribution is -0.0588. The van der Waals surface area contributed by atoms with Gasteiger partial charge in [-0.2, -0.15) is 10.2 Å². The van der Waals surface area contributed by atoms with Crippen LogP contribution in [0.4, 0.5) is 5.82 Å². The molecule has 40 heavy (non-hydrogen) atoms. The van der Waals surface area contributed by atoms with Crippen LogP contribution in [-0.4, -0.2) is 61.4 Å². The molecule has 1 atom stereocenters. The number of carboxylic acids is 1. The molecular weight excluding hydrogens is 510 g/mol. The van der Waals surface area contributed by atoms with Crippen molar-refractivity contribution in [2.45, 2.75) is 38.5 Å². The molecule has 0 spiro atoms. The summed E-state index contributed by atoms with van der Waals surface area (Å²) in [5.41, 5.74) is 3.74. The molecular formula is C29H27N7O4. The number of anilines is 1. The van der Waals surface area contributed by atoms with Crippen LogP contribution in [0.1, 0.15) is 46.8 Å². The number of aromatic carboxylic acids is 1. The van der Waals surface area contributed by atoms with Crippen LogP contribution in [0.15, 0.2) is 54.2 Å². The average Bonchev–Trinajstić information content (AvgIpc) is 3.30. The molecule has 2 fully saturated rings. The van der Waals surface area contributed by atoms with Crippen LogP contribution in [0.3, 0.4) is 0 Å². The van der Waals surface area contributed by atoms with E-state index in [4.69, 9.17) is 19.7 Å². The van der Waals surface area contributed by atoms with E-state index in [9.17, 15) is 9.90 Å². The Kier molecular flexibility index (Phi) is 7.08. The molecule has 202 valence electrons. The van der Waals surface area contributed by atoms with Crippen molar-refractivity contribution in [3.8, 4) is 11.9 Å². The number of fused-ring (bicyclic) bond motifs is 1. The highest BCUT2D eigenvalue weighted by molar-refractivity contribution is 5.88. The van der Waals surface area contributed by atoms with Gasteiger partial charge in [0.1, 0.15) is 29.8 Å². The summed E-state index contributed by atoms with van der Waals surface area (Å²) in [5.74, 6) is 1.08. The molecule has 0 radical (unpaired) electrons. The quantitative estimate of drug-likeness (QED) is 0.353. The van der Waals surface area contributed by atoms with Gasteiger partial charge in [0.15, 0.2) is 11.3 Å². The number of hydrogen-bond acceptors (Lipinski definition) is 9. The van der Waals surface area contributed by atoms with Gasteiger partial charge in [-0.05, 0) is 55.7 Å². The van der Waals surface area contributed by atoms with Crippen molar-refractivity contribution in [1.29, 1.82) is 5.26 Å². The molecule has 6 rings (SSSR count). The van der Waals surface area contributed by atoms with Crippen LogP contribution in [0.2, 0.25) is 0 Å². The Bertz CT molecular complexity index is 1610. The van der Waals surface area contributed by atoms with E-state index in [0.29, 0.717) is 29.2 Å². The first-order valence-corrected chi connectivity index (χ1v) is 13.2. The molecule has 2 aliphatic rings. The molecule has 11 nitrogen and oxygen atoms in total. The van der Waals surface area contributed by atoms with Crippen molar-refractivity contribution < 1.29 is 19.4 Å². The Morgan fingerprint density at radius 2 is 2.00 bits per heavy atom. The number of nitrogens with zero attached hydrogens (tertiary/aromatic N) is 7. The third kappa shape index (κ3) is 5.48. The monoisotopic (exact) mass is 537 g/mol. The van der Waals surface area contributed by atoms with Gasteiger partial charge in [0, 0.05) is 32.0 Å². The van der Waals surface area contributed by atoms with E-state index in [2.05, 4.69) is 32.0 Å². The number of carboxylic acid groups (broad SMARTS) is 1. The van der Waals surface area contributed by atoms with Crippen LogP contribution >= 0.6 is 0 Å². The number of ether oxygens (including phenoxy) is 2. The molecule has 4 aromatic heterocycles. The number of imidazole rings is 1. The fourth-order valence-electron chi connectivity index (χ4n) is 4.79. The van der Waals surface area contributed by atoms with Gasteiger partial charge in [-0.1, -0.05) is 11.6 Å². The van der Waals surface area contributed by atoms with Crippen LogP contribution in [0.5, 0.6) is 5.88 Å². The van der Waals surface area contributed by atoms with Crippen molar-refractivity contribution >= 4 is 29.0 Å². The largest absolute Gasteiger partial charge is 0.477 e. The van der Waals surface area contributed by atoms with Gasteiger partial charge in [-0.15, -0.1) is 0 Å². The van der Waals surface area contributed by atoms with Gasteiger partial charge >= 0.3 is 5.97 Å². The van der Waals surface area contributed by atoms with E-state index < -0.39 is 5.97 Å². The van der Waals surface area contributed by atoms with Crippen molar-refractivity contribution in [2.75, 3.05) is 24.6 Å². The topological polar surface area (TPSA) is 139 Å². The second-order valence-corrected chi connectivity index (χ2v) is 9.77. The molecule has 0 bridgehead atoms. The molecule has 0 aliphatic carbocycles. The predicted molar refractivity (Wildman–Crippen MR) is 146 cm³/mol. The van der Waals surface area contributed by atoms with E-state index in [0.717, 1.165) is 56.3 Å². The lowest BCUT2D eigenvalue weighted by Gasteiger charge is -2.30. The Morgan fingerprint density at radius 3 is 2.70 bits per heavy atom. The smallest absolute Gasteiger partial charge is 0.354 e. The first-order chi connectivity index (χ1) is 19.6. The first-order valence-electron chi connectivity index (χ1n) is 13.2. The SMILES string of the molecule is N#Cc1ccc(COc2cccc(N3CCC(=Cc4nc5ccc(C(=O)O)nc5n4C[C@@H]4CCO4)CC3)n2)nc1. The zero-order chi connectivity index (χ0) is 27.5. The van der Waals surface area contributed by atoms with Gasteiger partial charge in [0.2, 0.25) is 5.88 Å². The zero-order valence-corrected chi connectivity index (χ0v) is 21.7. The number of pyridine rings is 3. The molecule has 0 unspecified atom stereocenters. The Morgan fingerprint density at radius 1 is 1.15 bits per heavy atom. The lowest BCUT2D eigenvalue weighted by Crippen LogP contribution is -2.32. The normalized spacial score (nSPS) is 16.8. The highest BCUT2D eigenvalue weighted by atomic mass is 16.5. The molecule has 2 aliphatic heterocycles. The highest BCUT2D eigenvalue weighted by Gasteiger charge is 2.23. The molecule has 11 heteroatoms. The van der Waals surface area contributed by atoms with Crippen molar-refractivity contribution in [1.82, 2.24) is 24.5 Å². The van der Waals surface area contributed by atoms with E-state index in [1.165, 1.54) is 17.8 Å². The number of rotatable bonds is 8. The van der Waals surface area contributed by atoms with Gasteiger partial charge in [-0.3, -0.25) is 4.98 Å². The lowest BCUT2D eigenvalue weighted by atomic mass is 10.0. The Labute approximate surface area is 230 Å².